The van der Waals surface area contributed by atoms with E-state index in [1.807, 2.05) is 30.3 Å². The van der Waals surface area contributed by atoms with Gasteiger partial charge in [0.2, 0.25) is 0 Å². The molecule has 18 heavy (non-hydrogen) atoms. The molecule has 3 heteroatoms. The van der Waals surface area contributed by atoms with Crippen molar-refractivity contribution in [3.05, 3.63) is 65.2 Å². The maximum absolute atomic E-state index is 7.59. The van der Waals surface area contributed by atoms with E-state index in [0.29, 0.717) is 0 Å². The van der Waals surface area contributed by atoms with Crippen LogP contribution in [-0.4, -0.2) is 5.84 Å². The number of thioether (sulfide) groups is 1. The first-order valence-corrected chi connectivity index (χ1v) is 6.77. The second kappa shape index (κ2) is 5.74. The Hall–Kier alpha value is -1.74. The predicted octanol–water partition coefficient (Wildman–Crippen LogP) is 3.57. The standard InChI is InChI=1S/C15H16N2S/c1-11-7-8-13(15(16)17)14(9-11)18-10-12-5-3-2-4-6-12/h2-9H,10H2,1H3,(H3,16,17). The van der Waals surface area contributed by atoms with Crippen molar-refractivity contribution >= 4 is 17.6 Å². The van der Waals surface area contributed by atoms with Gasteiger partial charge in [-0.25, -0.2) is 0 Å². The Bertz CT molecular complexity index is 550. The summed E-state index contributed by atoms with van der Waals surface area (Å²) in [5.74, 6) is 1.02. The lowest BCUT2D eigenvalue weighted by Gasteiger charge is -2.09. The maximum Gasteiger partial charge on any atom is 0.123 e. The predicted molar refractivity (Wildman–Crippen MR) is 78.2 cm³/mol. The average molecular weight is 256 g/mol. The van der Waals surface area contributed by atoms with Gasteiger partial charge in [0.15, 0.2) is 0 Å². The normalized spacial score (nSPS) is 10.3. The lowest BCUT2D eigenvalue weighted by Crippen LogP contribution is -2.12. The van der Waals surface area contributed by atoms with E-state index in [-0.39, 0.29) is 5.84 Å². The molecule has 2 aromatic rings. The van der Waals surface area contributed by atoms with Gasteiger partial charge in [-0.1, -0.05) is 36.4 Å². The Balaban J connectivity index is 2.18. The van der Waals surface area contributed by atoms with Crippen molar-refractivity contribution in [1.29, 1.82) is 5.41 Å². The highest BCUT2D eigenvalue weighted by Crippen LogP contribution is 2.27. The molecule has 0 heterocycles. The summed E-state index contributed by atoms with van der Waals surface area (Å²) >= 11 is 1.72. The average Bonchev–Trinajstić information content (AvgIpc) is 2.37. The lowest BCUT2D eigenvalue weighted by molar-refractivity contribution is 1.29. The molecular formula is C15H16N2S. The third kappa shape index (κ3) is 3.14. The highest BCUT2D eigenvalue weighted by Gasteiger charge is 2.06. The minimum atomic E-state index is 0.130. The number of aryl methyl sites for hydroxylation is 1. The molecule has 0 aliphatic carbocycles. The minimum Gasteiger partial charge on any atom is -0.384 e. The van der Waals surface area contributed by atoms with Gasteiger partial charge in [0.1, 0.15) is 5.84 Å². The van der Waals surface area contributed by atoms with E-state index >= 15 is 0 Å². The quantitative estimate of drug-likeness (QED) is 0.499. The monoisotopic (exact) mass is 256 g/mol. The number of nitrogens with two attached hydrogens (primary N) is 1. The van der Waals surface area contributed by atoms with Crippen molar-refractivity contribution in [3.63, 3.8) is 0 Å². The topological polar surface area (TPSA) is 49.9 Å². The molecule has 92 valence electrons. The number of hydrogen-bond donors (Lipinski definition) is 2. The summed E-state index contributed by atoms with van der Waals surface area (Å²) in [4.78, 5) is 1.08. The Morgan fingerprint density at radius 1 is 1.17 bits per heavy atom. The number of amidine groups is 1. The van der Waals surface area contributed by atoms with Gasteiger partial charge in [-0.2, -0.15) is 0 Å². The molecule has 0 amide bonds. The Morgan fingerprint density at radius 3 is 2.56 bits per heavy atom. The molecule has 0 saturated carbocycles. The molecule has 0 aliphatic rings. The summed E-state index contributed by atoms with van der Waals surface area (Å²) in [6, 6.07) is 16.3. The van der Waals surface area contributed by atoms with E-state index in [9.17, 15) is 0 Å². The van der Waals surface area contributed by atoms with Gasteiger partial charge in [0.25, 0.3) is 0 Å². The molecule has 3 N–H and O–H groups in total. The smallest absolute Gasteiger partial charge is 0.123 e. The Kier molecular flexibility index (Phi) is 4.05. The van der Waals surface area contributed by atoms with Crippen LogP contribution in [0.3, 0.4) is 0 Å². The van der Waals surface area contributed by atoms with Crippen molar-refractivity contribution in [2.24, 2.45) is 5.73 Å². The first-order chi connectivity index (χ1) is 8.66. The van der Waals surface area contributed by atoms with Gasteiger partial charge >= 0.3 is 0 Å². The highest BCUT2D eigenvalue weighted by atomic mass is 32.2. The number of nitrogen functional groups attached to an aromatic ring is 1. The van der Waals surface area contributed by atoms with Crippen LogP contribution in [-0.2, 0) is 5.75 Å². The summed E-state index contributed by atoms with van der Waals surface area (Å²) in [7, 11) is 0. The third-order valence-corrected chi connectivity index (χ3v) is 3.79. The molecule has 0 aliphatic heterocycles. The van der Waals surface area contributed by atoms with E-state index in [2.05, 4.69) is 25.1 Å². The minimum absolute atomic E-state index is 0.130. The van der Waals surface area contributed by atoms with Crippen molar-refractivity contribution in [2.45, 2.75) is 17.6 Å². The number of nitrogens with one attached hydrogen (secondary N) is 1. The number of hydrogen-bond acceptors (Lipinski definition) is 2. The van der Waals surface area contributed by atoms with Gasteiger partial charge < -0.3 is 5.73 Å². The van der Waals surface area contributed by atoms with Crippen LogP contribution in [0.5, 0.6) is 0 Å². The summed E-state index contributed by atoms with van der Waals surface area (Å²) in [6.45, 7) is 2.05. The van der Waals surface area contributed by atoms with Gasteiger partial charge in [0.05, 0.1) is 0 Å². The van der Waals surface area contributed by atoms with Crippen LogP contribution in [0.15, 0.2) is 53.4 Å². The van der Waals surface area contributed by atoms with Crippen LogP contribution in [0.25, 0.3) is 0 Å². The van der Waals surface area contributed by atoms with Crippen LogP contribution in [0, 0.1) is 12.3 Å². The molecule has 0 fully saturated rings. The second-order valence-electron chi connectivity index (χ2n) is 4.19. The van der Waals surface area contributed by atoms with Crippen LogP contribution in [0.1, 0.15) is 16.7 Å². The molecule has 0 atom stereocenters. The molecule has 0 bridgehead atoms. The van der Waals surface area contributed by atoms with Gasteiger partial charge in [-0.05, 0) is 30.2 Å². The molecule has 0 radical (unpaired) electrons. The molecule has 2 aromatic carbocycles. The van der Waals surface area contributed by atoms with Gasteiger partial charge in [0, 0.05) is 16.2 Å². The zero-order valence-corrected chi connectivity index (χ0v) is 11.1. The van der Waals surface area contributed by atoms with Gasteiger partial charge in [-0.15, -0.1) is 11.8 Å². The van der Waals surface area contributed by atoms with Crippen molar-refractivity contribution in [3.8, 4) is 0 Å². The van der Waals surface area contributed by atoms with E-state index in [1.165, 1.54) is 11.1 Å². The molecular weight excluding hydrogens is 240 g/mol. The molecule has 2 nitrogen and oxygen atoms in total. The second-order valence-corrected chi connectivity index (χ2v) is 5.20. The lowest BCUT2D eigenvalue weighted by atomic mass is 10.1. The summed E-state index contributed by atoms with van der Waals surface area (Å²) < 4.78 is 0. The van der Waals surface area contributed by atoms with Crippen LogP contribution >= 0.6 is 11.8 Å². The Morgan fingerprint density at radius 2 is 1.89 bits per heavy atom. The zero-order chi connectivity index (χ0) is 13.0. The third-order valence-electron chi connectivity index (χ3n) is 2.66. The summed E-state index contributed by atoms with van der Waals surface area (Å²) in [5.41, 5.74) is 8.89. The fourth-order valence-electron chi connectivity index (χ4n) is 1.71. The maximum atomic E-state index is 7.59. The van der Waals surface area contributed by atoms with E-state index in [0.717, 1.165) is 16.2 Å². The van der Waals surface area contributed by atoms with Crippen molar-refractivity contribution < 1.29 is 0 Å². The van der Waals surface area contributed by atoms with Crippen molar-refractivity contribution in [2.75, 3.05) is 0 Å². The zero-order valence-electron chi connectivity index (χ0n) is 10.3. The highest BCUT2D eigenvalue weighted by molar-refractivity contribution is 7.98. The summed E-state index contributed by atoms with van der Waals surface area (Å²) in [5, 5.41) is 7.59. The largest absolute Gasteiger partial charge is 0.384 e. The molecule has 0 saturated heterocycles. The van der Waals surface area contributed by atoms with E-state index in [1.54, 1.807) is 11.8 Å². The fourth-order valence-corrected chi connectivity index (χ4v) is 2.82. The number of rotatable bonds is 4. The molecule has 2 rings (SSSR count). The molecule has 0 spiro atoms. The first-order valence-electron chi connectivity index (χ1n) is 5.78. The van der Waals surface area contributed by atoms with E-state index in [4.69, 9.17) is 11.1 Å². The molecule has 0 unspecified atom stereocenters. The Labute approximate surface area is 112 Å². The van der Waals surface area contributed by atoms with Crippen molar-refractivity contribution in [1.82, 2.24) is 0 Å². The van der Waals surface area contributed by atoms with Gasteiger partial charge in [-0.3, -0.25) is 5.41 Å². The van der Waals surface area contributed by atoms with Crippen LogP contribution in [0.2, 0.25) is 0 Å². The molecule has 0 aromatic heterocycles. The number of benzene rings is 2. The first kappa shape index (κ1) is 12.7. The van der Waals surface area contributed by atoms with Crippen LogP contribution < -0.4 is 5.73 Å². The van der Waals surface area contributed by atoms with E-state index < -0.39 is 0 Å². The SMILES string of the molecule is Cc1ccc(C(=N)N)c(SCc2ccccc2)c1. The fraction of sp³-hybridized carbons (Fsp3) is 0.133. The summed E-state index contributed by atoms with van der Waals surface area (Å²) in [6.07, 6.45) is 0. The van der Waals surface area contributed by atoms with Crippen LogP contribution in [0.4, 0.5) is 0 Å².